The van der Waals surface area contributed by atoms with Gasteiger partial charge in [0.05, 0.1) is 19.1 Å². The van der Waals surface area contributed by atoms with Gasteiger partial charge in [-0.25, -0.2) is 0 Å². The van der Waals surface area contributed by atoms with Gasteiger partial charge < -0.3 is 13.7 Å². The maximum atomic E-state index is 13.6. The molecule has 1 aliphatic rings. The van der Waals surface area contributed by atoms with Crippen molar-refractivity contribution >= 4 is 22.5 Å². The highest BCUT2D eigenvalue weighted by molar-refractivity contribution is 6.80. The van der Waals surface area contributed by atoms with E-state index in [0.717, 1.165) is 12.2 Å². The maximum Gasteiger partial charge on any atom is 0.222 e. The highest BCUT2D eigenvalue weighted by Gasteiger charge is 2.59. The Labute approximate surface area is 192 Å². The Morgan fingerprint density at radius 3 is 2.10 bits per heavy atom. The van der Waals surface area contributed by atoms with E-state index in [2.05, 4.69) is 91.4 Å². The van der Waals surface area contributed by atoms with Crippen LogP contribution in [-0.4, -0.2) is 46.3 Å². The summed E-state index contributed by atoms with van der Waals surface area (Å²) in [5.74, 6) is 1.06. The lowest BCUT2D eigenvalue weighted by Crippen LogP contribution is -2.75. The molecule has 4 nitrogen and oxygen atoms in total. The number of rotatable bonds is 7. The first kappa shape index (κ1) is 26.1. The fourth-order valence-electron chi connectivity index (χ4n) is 4.11. The second-order valence-electron chi connectivity index (χ2n) is 12.2. The van der Waals surface area contributed by atoms with E-state index < -0.39 is 16.6 Å². The molecule has 0 aliphatic carbocycles. The fraction of sp³-hybridized carbons (Fsp3) is 0.720. The molecule has 1 fully saturated rings. The van der Waals surface area contributed by atoms with Crippen molar-refractivity contribution in [3.05, 3.63) is 29.8 Å². The van der Waals surface area contributed by atoms with Crippen molar-refractivity contribution < 1.29 is 14.0 Å². The number of β-lactam (4-membered cyclic amide) rings is 1. The summed E-state index contributed by atoms with van der Waals surface area (Å²) in [5.41, 5.74) is 1.21. The number of ether oxygens (including phenoxy) is 1. The number of benzene rings is 1. The van der Waals surface area contributed by atoms with E-state index in [0.29, 0.717) is 0 Å². The van der Waals surface area contributed by atoms with Gasteiger partial charge in [0.1, 0.15) is 5.75 Å². The minimum atomic E-state index is -2.00. The summed E-state index contributed by atoms with van der Waals surface area (Å²) >= 11 is 0. The molecule has 0 N–H and O–H groups in total. The van der Waals surface area contributed by atoms with Gasteiger partial charge in [-0.05, 0) is 54.2 Å². The van der Waals surface area contributed by atoms with Crippen LogP contribution in [0.2, 0.25) is 36.3 Å². The van der Waals surface area contributed by atoms with Crippen LogP contribution >= 0.6 is 0 Å². The van der Waals surface area contributed by atoms with Gasteiger partial charge >= 0.3 is 0 Å². The Balaban J connectivity index is 2.39. The fourth-order valence-corrected chi connectivity index (χ4v) is 8.04. The Kier molecular flexibility index (Phi) is 7.31. The lowest BCUT2D eigenvalue weighted by Gasteiger charge is -2.60. The normalized spacial score (nSPS) is 21.7. The quantitative estimate of drug-likeness (QED) is 0.343. The van der Waals surface area contributed by atoms with Gasteiger partial charge in [0.2, 0.25) is 5.91 Å². The molecule has 1 amide bonds. The third-order valence-electron chi connectivity index (χ3n) is 8.08. The Morgan fingerprint density at radius 2 is 1.61 bits per heavy atom. The second-order valence-corrected chi connectivity index (χ2v) is 22.1. The lowest BCUT2D eigenvalue weighted by molar-refractivity contribution is -0.154. The standard InChI is InChI=1S/C25H45NO3Si2/c1-18(29-31(11,12)25(5,6)7)22-21(17-19-14-13-15-20(16-19)28-8)26(23(22)27)30(9,10)24(2,3)4/h13-16,18,21-22H,17H2,1-12H3/t18-,21-,22-/m1/s1. The van der Waals surface area contributed by atoms with Gasteiger partial charge in [-0.3, -0.25) is 4.79 Å². The largest absolute Gasteiger partial charge is 0.497 e. The van der Waals surface area contributed by atoms with E-state index in [-0.39, 0.29) is 34.0 Å². The summed E-state index contributed by atoms with van der Waals surface area (Å²) < 4.78 is 14.4. The lowest BCUT2D eigenvalue weighted by atomic mass is 9.82. The van der Waals surface area contributed by atoms with Crippen LogP contribution in [0.3, 0.4) is 0 Å². The van der Waals surface area contributed by atoms with Crippen molar-refractivity contribution in [2.75, 3.05) is 7.11 Å². The molecule has 1 saturated heterocycles. The summed E-state index contributed by atoms with van der Waals surface area (Å²) in [6.45, 7) is 24.9. The van der Waals surface area contributed by atoms with E-state index >= 15 is 0 Å². The number of amides is 1. The monoisotopic (exact) mass is 463 g/mol. The third kappa shape index (κ3) is 5.12. The summed E-state index contributed by atoms with van der Waals surface area (Å²) in [5, 5.41) is 0.221. The smallest absolute Gasteiger partial charge is 0.222 e. The van der Waals surface area contributed by atoms with Crippen LogP contribution < -0.4 is 4.74 Å². The Hall–Kier alpha value is -1.12. The molecule has 0 bridgehead atoms. The van der Waals surface area contributed by atoms with Crippen molar-refractivity contribution in [3.63, 3.8) is 0 Å². The molecule has 0 aromatic heterocycles. The molecule has 31 heavy (non-hydrogen) atoms. The van der Waals surface area contributed by atoms with Crippen LogP contribution in [0.1, 0.15) is 54.0 Å². The molecule has 0 unspecified atom stereocenters. The molecule has 176 valence electrons. The van der Waals surface area contributed by atoms with E-state index in [9.17, 15) is 4.79 Å². The van der Waals surface area contributed by atoms with Crippen molar-refractivity contribution in [2.45, 2.75) is 103 Å². The average molecular weight is 464 g/mol. The van der Waals surface area contributed by atoms with Crippen molar-refractivity contribution in [1.82, 2.24) is 4.57 Å². The zero-order chi connectivity index (χ0) is 24.0. The van der Waals surface area contributed by atoms with Gasteiger partial charge in [0, 0.05) is 6.04 Å². The van der Waals surface area contributed by atoms with Crippen LogP contribution in [0, 0.1) is 5.92 Å². The minimum absolute atomic E-state index is 0.0787. The molecule has 3 atom stereocenters. The summed E-state index contributed by atoms with van der Waals surface area (Å²) in [6, 6.07) is 8.42. The van der Waals surface area contributed by atoms with Gasteiger partial charge in [0.15, 0.2) is 16.6 Å². The Bertz CT molecular complexity index is 793. The second kappa shape index (κ2) is 8.67. The Morgan fingerprint density at radius 1 is 1.03 bits per heavy atom. The molecule has 0 radical (unpaired) electrons. The number of nitrogens with zero attached hydrogens (tertiary/aromatic N) is 1. The molecule has 1 heterocycles. The van der Waals surface area contributed by atoms with Gasteiger partial charge in [-0.15, -0.1) is 0 Å². The van der Waals surface area contributed by atoms with Crippen LogP contribution in [0.25, 0.3) is 0 Å². The number of hydrogen-bond donors (Lipinski definition) is 0. The van der Waals surface area contributed by atoms with Crippen LogP contribution in [-0.2, 0) is 15.6 Å². The summed E-state index contributed by atoms with van der Waals surface area (Å²) in [7, 11) is -2.26. The number of carbonyl (C=O) groups excluding carboxylic acids is 1. The zero-order valence-corrected chi connectivity index (χ0v) is 23.9. The predicted octanol–water partition coefficient (Wildman–Crippen LogP) is 6.48. The molecule has 1 aromatic carbocycles. The highest BCUT2D eigenvalue weighted by Crippen LogP contribution is 2.48. The molecule has 6 heteroatoms. The van der Waals surface area contributed by atoms with Crippen LogP contribution in [0.15, 0.2) is 24.3 Å². The van der Waals surface area contributed by atoms with E-state index in [1.807, 2.05) is 12.1 Å². The highest BCUT2D eigenvalue weighted by atomic mass is 28.4. The minimum Gasteiger partial charge on any atom is -0.497 e. The molecular weight excluding hydrogens is 418 g/mol. The third-order valence-corrected chi connectivity index (χ3v) is 18.1. The van der Waals surface area contributed by atoms with Crippen molar-refractivity contribution in [1.29, 1.82) is 0 Å². The molecule has 1 aromatic rings. The number of carbonyl (C=O) groups is 1. The van der Waals surface area contributed by atoms with E-state index in [1.165, 1.54) is 5.56 Å². The molecule has 2 rings (SSSR count). The summed E-state index contributed by atoms with van der Waals surface area (Å²) in [4.78, 5) is 13.6. The summed E-state index contributed by atoms with van der Waals surface area (Å²) in [6.07, 6.45) is 0.760. The van der Waals surface area contributed by atoms with Gasteiger partial charge in [-0.1, -0.05) is 66.8 Å². The number of methoxy groups -OCH3 is 1. The zero-order valence-electron chi connectivity index (χ0n) is 21.9. The van der Waals surface area contributed by atoms with Crippen molar-refractivity contribution in [2.24, 2.45) is 5.92 Å². The first-order chi connectivity index (χ1) is 13.9. The SMILES string of the molecule is COc1cccc(C[C@@H]2[C@@H]([C@@H](C)O[Si](C)(C)C(C)(C)C)C(=O)N2[Si](C)(C)C(C)(C)C)c1. The van der Waals surface area contributed by atoms with Crippen molar-refractivity contribution in [3.8, 4) is 5.75 Å². The molecular formula is C25H45NO3Si2. The van der Waals surface area contributed by atoms with Gasteiger partial charge in [0.25, 0.3) is 0 Å². The van der Waals surface area contributed by atoms with E-state index in [4.69, 9.17) is 9.16 Å². The number of hydrogen-bond acceptors (Lipinski definition) is 3. The first-order valence-electron chi connectivity index (χ1n) is 11.6. The first-order valence-corrected chi connectivity index (χ1v) is 17.4. The van der Waals surface area contributed by atoms with Gasteiger partial charge in [-0.2, -0.15) is 0 Å². The molecule has 0 saturated carbocycles. The van der Waals surface area contributed by atoms with E-state index in [1.54, 1.807) is 7.11 Å². The van der Waals surface area contributed by atoms with Crippen LogP contribution in [0.5, 0.6) is 5.75 Å². The predicted molar refractivity (Wildman–Crippen MR) is 136 cm³/mol. The molecule has 0 spiro atoms. The molecule has 1 aliphatic heterocycles. The van der Waals surface area contributed by atoms with Crippen LogP contribution in [0.4, 0.5) is 0 Å². The average Bonchev–Trinajstić information content (AvgIpc) is 2.58. The topological polar surface area (TPSA) is 38.8 Å². The maximum absolute atomic E-state index is 13.6.